The van der Waals surface area contributed by atoms with Crippen LogP contribution in [0.15, 0.2) is 32.8 Å². The van der Waals surface area contributed by atoms with E-state index in [-0.39, 0.29) is 22.3 Å². The number of thiophene rings is 1. The van der Waals surface area contributed by atoms with Gasteiger partial charge in [-0.1, -0.05) is 18.7 Å². The molecule has 6 nitrogen and oxygen atoms in total. The second-order valence-corrected chi connectivity index (χ2v) is 11.1. The number of amides is 1. The molecule has 8 heteroatoms. The van der Waals surface area contributed by atoms with Crippen LogP contribution >= 0.6 is 23.1 Å². The Morgan fingerprint density at radius 3 is 2.87 bits per heavy atom. The number of aryl methyl sites for hydroxylation is 2. The predicted molar refractivity (Wildman–Crippen MR) is 126 cm³/mol. The zero-order valence-corrected chi connectivity index (χ0v) is 20.1. The van der Waals surface area contributed by atoms with Crippen LogP contribution in [0, 0.1) is 0 Å². The maximum Gasteiger partial charge on any atom is 0.263 e. The summed E-state index contributed by atoms with van der Waals surface area (Å²) in [6.45, 7) is 8.23. The van der Waals surface area contributed by atoms with Crippen molar-refractivity contribution in [3.05, 3.63) is 45.0 Å². The highest BCUT2D eigenvalue weighted by Crippen LogP contribution is 2.35. The van der Waals surface area contributed by atoms with E-state index in [0.29, 0.717) is 17.5 Å². The number of thioether (sulfide) groups is 1. The van der Waals surface area contributed by atoms with Crippen molar-refractivity contribution < 1.29 is 9.21 Å². The summed E-state index contributed by atoms with van der Waals surface area (Å²) in [4.78, 5) is 33.4. The SMILES string of the molecule is CCC(C)(C)NC(=O)C(C)Sc1nc2sc3c(c2c(=O)n1Cc1ccco1)CCCC3. The van der Waals surface area contributed by atoms with Crippen molar-refractivity contribution in [2.75, 3.05) is 0 Å². The van der Waals surface area contributed by atoms with Crippen molar-refractivity contribution in [3.63, 3.8) is 0 Å². The second kappa shape index (κ2) is 8.82. The summed E-state index contributed by atoms with van der Waals surface area (Å²) in [7, 11) is 0. The molecule has 1 unspecified atom stereocenters. The second-order valence-electron chi connectivity index (χ2n) is 8.74. The van der Waals surface area contributed by atoms with E-state index in [4.69, 9.17) is 9.40 Å². The first-order chi connectivity index (χ1) is 14.8. The highest BCUT2D eigenvalue weighted by molar-refractivity contribution is 8.00. The minimum Gasteiger partial charge on any atom is -0.467 e. The molecule has 0 aromatic carbocycles. The number of carbonyl (C=O) groups excluding carboxylic acids is 1. The van der Waals surface area contributed by atoms with E-state index in [1.54, 1.807) is 22.2 Å². The molecular weight excluding hydrogens is 430 g/mol. The van der Waals surface area contributed by atoms with Crippen molar-refractivity contribution in [1.29, 1.82) is 0 Å². The van der Waals surface area contributed by atoms with Crippen molar-refractivity contribution in [2.24, 2.45) is 0 Å². The Labute approximate surface area is 190 Å². The lowest BCUT2D eigenvalue weighted by Crippen LogP contribution is -2.46. The van der Waals surface area contributed by atoms with Gasteiger partial charge in [-0.05, 0) is 70.6 Å². The van der Waals surface area contributed by atoms with Crippen LogP contribution in [-0.2, 0) is 24.2 Å². The zero-order chi connectivity index (χ0) is 22.2. The Balaban J connectivity index is 1.74. The summed E-state index contributed by atoms with van der Waals surface area (Å²) in [6, 6.07) is 3.67. The minimum absolute atomic E-state index is 0.0372. The fourth-order valence-corrected chi connectivity index (χ4v) is 5.95. The first-order valence-electron chi connectivity index (χ1n) is 10.8. The Morgan fingerprint density at radius 2 is 2.16 bits per heavy atom. The molecule has 1 N–H and O–H groups in total. The van der Waals surface area contributed by atoms with Crippen LogP contribution in [0.5, 0.6) is 0 Å². The van der Waals surface area contributed by atoms with E-state index in [9.17, 15) is 9.59 Å². The fourth-order valence-electron chi connectivity index (χ4n) is 3.74. The third-order valence-corrected chi connectivity index (χ3v) is 8.21. The number of hydrogen-bond acceptors (Lipinski definition) is 6. The topological polar surface area (TPSA) is 77.1 Å². The van der Waals surface area contributed by atoms with Gasteiger partial charge in [0.1, 0.15) is 10.6 Å². The van der Waals surface area contributed by atoms with Crippen LogP contribution in [-0.4, -0.2) is 26.2 Å². The number of rotatable bonds is 7. The van der Waals surface area contributed by atoms with Gasteiger partial charge in [0.2, 0.25) is 5.91 Å². The van der Waals surface area contributed by atoms with E-state index in [2.05, 4.69) is 5.32 Å². The van der Waals surface area contributed by atoms with Gasteiger partial charge in [-0.3, -0.25) is 14.2 Å². The Bertz CT molecular complexity index is 1150. The van der Waals surface area contributed by atoms with Crippen molar-refractivity contribution >= 4 is 39.2 Å². The molecule has 3 heterocycles. The molecule has 0 bridgehead atoms. The van der Waals surface area contributed by atoms with E-state index in [1.807, 2.05) is 39.8 Å². The van der Waals surface area contributed by atoms with Crippen molar-refractivity contribution in [2.45, 2.75) is 82.3 Å². The quantitative estimate of drug-likeness (QED) is 0.407. The zero-order valence-electron chi connectivity index (χ0n) is 18.5. The van der Waals surface area contributed by atoms with Crippen molar-refractivity contribution in [3.8, 4) is 0 Å². The minimum atomic E-state index is -0.382. The lowest BCUT2D eigenvalue weighted by molar-refractivity contribution is -0.121. The molecule has 0 spiro atoms. The highest BCUT2D eigenvalue weighted by Gasteiger charge is 2.26. The van der Waals surface area contributed by atoms with Crippen molar-refractivity contribution in [1.82, 2.24) is 14.9 Å². The van der Waals surface area contributed by atoms with Gasteiger partial charge in [0.25, 0.3) is 5.56 Å². The molecule has 1 aliphatic rings. The molecule has 31 heavy (non-hydrogen) atoms. The van der Waals surface area contributed by atoms with Crippen LogP contribution < -0.4 is 10.9 Å². The fraction of sp³-hybridized carbons (Fsp3) is 0.522. The Kier molecular flexibility index (Phi) is 6.30. The normalized spacial score (nSPS) is 15.1. The van der Waals surface area contributed by atoms with Crippen LogP contribution in [0.25, 0.3) is 10.2 Å². The molecular formula is C23H29N3O3S2. The molecule has 3 aromatic rings. The van der Waals surface area contributed by atoms with Gasteiger partial charge in [-0.15, -0.1) is 11.3 Å². The average molecular weight is 460 g/mol. The van der Waals surface area contributed by atoms with Gasteiger partial charge in [0, 0.05) is 10.4 Å². The van der Waals surface area contributed by atoms with Gasteiger partial charge < -0.3 is 9.73 Å². The molecule has 3 aromatic heterocycles. The molecule has 1 aliphatic carbocycles. The third kappa shape index (κ3) is 4.60. The smallest absolute Gasteiger partial charge is 0.263 e. The largest absolute Gasteiger partial charge is 0.467 e. The first-order valence-corrected chi connectivity index (χ1v) is 12.5. The van der Waals surface area contributed by atoms with Gasteiger partial charge in [0.15, 0.2) is 5.16 Å². The number of furan rings is 1. The molecule has 0 saturated heterocycles. The monoisotopic (exact) mass is 459 g/mol. The lowest BCUT2D eigenvalue weighted by atomic mass is 9.97. The Morgan fingerprint density at radius 1 is 1.39 bits per heavy atom. The number of nitrogens with zero attached hydrogens (tertiary/aromatic N) is 2. The predicted octanol–water partition coefficient (Wildman–Crippen LogP) is 4.76. The van der Waals surface area contributed by atoms with Crippen LogP contribution in [0.4, 0.5) is 0 Å². The average Bonchev–Trinajstić information content (AvgIpc) is 3.37. The summed E-state index contributed by atoms with van der Waals surface area (Å²) in [6.07, 6.45) is 6.66. The van der Waals surface area contributed by atoms with Gasteiger partial charge in [0.05, 0.1) is 23.4 Å². The summed E-state index contributed by atoms with van der Waals surface area (Å²) in [5, 5.41) is 4.02. The molecule has 1 atom stereocenters. The molecule has 0 fully saturated rings. The van der Waals surface area contributed by atoms with Gasteiger partial charge in [-0.2, -0.15) is 0 Å². The molecule has 0 aliphatic heterocycles. The summed E-state index contributed by atoms with van der Waals surface area (Å²) >= 11 is 2.96. The van der Waals surface area contributed by atoms with Gasteiger partial charge >= 0.3 is 0 Å². The highest BCUT2D eigenvalue weighted by atomic mass is 32.2. The summed E-state index contributed by atoms with van der Waals surface area (Å²) in [5.41, 5.74) is 0.859. The molecule has 1 amide bonds. The molecule has 0 radical (unpaired) electrons. The number of carbonyl (C=O) groups is 1. The number of hydrogen-bond donors (Lipinski definition) is 1. The maximum absolute atomic E-state index is 13.6. The summed E-state index contributed by atoms with van der Waals surface area (Å²) < 4.78 is 7.18. The number of fused-ring (bicyclic) bond motifs is 3. The van der Waals surface area contributed by atoms with Crippen LogP contribution in [0.3, 0.4) is 0 Å². The maximum atomic E-state index is 13.6. The van der Waals surface area contributed by atoms with Gasteiger partial charge in [-0.25, -0.2) is 4.98 Å². The van der Waals surface area contributed by atoms with Crippen LogP contribution in [0.2, 0.25) is 0 Å². The lowest BCUT2D eigenvalue weighted by Gasteiger charge is -2.26. The Hall–Kier alpha value is -2.06. The summed E-state index contributed by atoms with van der Waals surface area (Å²) in [5.74, 6) is 0.639. The number of nitrogens with one attached hydrogen (secondary N) is 1. The standard InChI is InChI=1S/C23H29N3O3S2/c1-5-23(3,4)25-19(27)14(2)30-22-24-20-18(16-10-6-7-11-17(16)31-20)21(28)26(22)13-15-9-8-12-29-15/h8-9,12,14H,5-7,10-11,13H2,1-4H3,(H,25,27). The molecule has 166 valence electrons. The van der Waals surface area contributed by atoms with Crippen LogP contribution in [0.1, 0.15) is 63.2 Å². The van der Waals surface area contributed by atoms with E-state index in [0.717, 1.165) is 42.3 Å². The van der Waals surface area contributed by atoms with E-state index < -0.39 is 0 Å². The molecule has 0 saturated carbocycles. The van der Waals surface area contributed by atoms with E-state index in [1.165, 1.54) is 22.2 Å². The molecule has 4 rings (SSSR count). The first kappa shape index (κ1) is 22.1. The van der Waals surface area contributed by atoms with E-state index >= 15 is 0 Å². The number of aromatic nitrogens is 2. The third-order valence-electron chi connectivity index (χ3n) is 5.93.